The molecular formula is C16H11N3OS2. The van der Waals surface area contributed by atoms with Gasteiger partial charge in [0.15, 0.2) is 0 Å². The van der Waals surface area contributed by atoms with E-state index in [9.17, 15) is 4.79 Å². The van der Waals surface area contributed by atoms with Gasteiger partial charge in [-0.2, -0.15) is 0 Å². The maximum atomic E-state index is 10.6. The van der Waals surface area contributed by atoms with Crippen molar-refractivity contribution in [2.75, 3.05) is 5.32 Å². The monoisotopic (exact) mass is 325 g/mol. The average molecular weight is 325 g/mol. The SMILES string of the molecule is O=CNc1csc2c(-c3ccc(-c4cnc[nH]4)cc3)csc12. The van der Waals surface area contributed by atoms with Gasteiger partial charge in [-0.15, -0.1) is 22.7 Å². The molecule has 0 bridgehead atoms. The Morgan fingerprint density at radius 2 is 1.82 bits per heavy atom. The number of imidazole rings is 1. The van der Waals surface area contributed by atoms with Gasteiger partial charge in [-0.25, -0.2) is 4.98 Å². The highest BCUT2D eigenvalue weighted by Gasteiger charge is 2.12. The van der Waals surface area contributed by atoms with Gasteiger partial charge in [0.05, 0.1) is 33.3 Å². The van der Waals surface area contributed by atoms with Gasteiger partial charge in [-0.1, -0.05) is 24.3 Å². The second-order valence-electron chi connectivity index (χ2n) is 4.76. The van der Waals surface area contributed by atoms with Crippen molar-refractivity contribution < 1.29 is 4.79 Å². The van der Waals surface area contributed by atoms with Crippen LogP contribution in [0, 0.1) is 0 Å². The number of hydrogen-bond donors (Lipinski definition) is 2. The van der Waals surface area contributed by atoms with Crippen molar-refractivity contribution in [2.24, 2.45) is 0 Å². The second kappa shape index (κ2) is 5.40. The first-order chi connectivity index (χ1) is 10.9. The molecule has 22 heavy (non-hydrogen) atoms. The standard InChI is InChI=1S/C16H11N3OS2/c20-9-19-14-7-22-15-12(6-21-16(14)15)10-1-3-11(4-2-10)13-5-17-8-18-13/h1-9H,(H,17,18)(H,19,20). The highest BCUT2D eigenvalue weighted by Crippen LogP contribution is 2.42. The number of nitrogens with zero attached hydrogens (tertiary/aromatic N) is 1. The van der Waals surface area contributed by atoms with Crippen LogP contribution in [-0.4, -0.2) is 16.4 Å². The Bertz CT molecular complexity index is 920. The molecule has 1 aromatic carbocycles. The second-order valence-corrected chi connectivity index (χ2v) is 6.52. The average Bonchev–Trinajstić information content (AvgIpc) is 3.26. The van der Waals surface area contributed by atoms with Gasteiger partial charge in [0.1, 0.15) is 0 Å². The van der Waals surface area contributed by atoms with E-state index in [4.69, 9.17) is 0 Å². The number of aromatic amines is 1. The van der Waals surface area contributed by atoms with Gasteiger partial charge in [0.25, 0.3) is 0 Å². The largest absolute Gasteiger partial charge is 0.345 e. The molecule has 0 aliphatic heterocycles. The van der Waals surface area contributed by atoms with Crippen LogP contribution in [0.5, 0.6) is 0 Å². The Morgan fingerprint density at radius 1 is 1.05 bits per heavy atom. The molecule has 4 aromatic rings. The summed E-state index contributed by atoms with van der Waals surface area (Å²) in [6.07, 6.45) is 4.22. The number of amides is 1. The van der Waals surface area contributed by atoms with E-state index in [1.807, 2.05) is 11.6 Å². The molecule has 0 radical (unpaired) electrons. The fraction of sp³-hybridized carbons (Fsp3) is 0. The fourth-order valence-electron chi connectivity index (χ4n) is 2.43. The fourth-order valence-corrected chi connectivity index (χ4v) is 4.76. The lowest BCUT2D eigenvalue weighted by atomic mass is 10.1. The van der Waals surface area contributed by atoms with Crippen LogP contribution in [0.3, 0.4) is 0 Å². The van der Waals surface area contributed by atoms with E-state index >= 15 is 0 Å². The smallest absolute Gasteiger partial charge is 0.211 e. The maximum absolute atomic E-state index is 10.6. The van der Waals surface area contributed by atoms with E-state index in [1.165, 1.54) is 15.8 Å². The number of anilines is 1. The van der Waals surface area contributed by atoms with Crippen LogP contribution in [0.25, 0.3) is 31.8 Å². The number of aromatic nitrogens is 2. The molecule has 4 nitrogen and oxygen atoms in total. The third kappa shape index (κ3) is 2.13. The predicted molar refractivity (Wildman–Crippen MR) is 92.4 cm³/mol. The zero-order valence-corrected chi connectivity index (χ0v) is 13.0. The van der Waals surface area contributed by atoms with Crippen molar-refractivity contribution in [3.8, 4) is 22.4 Å². The Kier molecular flexibility index (Phi) is 3.25. The minimum atomic E-state index is 0.722. The molecule has 6 heteroatoms. The Morgan fingerprint density at radius 3 is 2.55 bits per heavy atom. The molecule has 0 saturated heterocycles. The van der Waals surface area contributed by atoms with Gasteiger partial charge in [-0.3, -0.25) is 4.79 Å². The lowest BCUT2D eigenvalue weighted by Crippen LogP contribution is -1.90. The molecule has 108 valence electrons. The van der Waals surface area contributed by atoms with E-state index in [1.54, 1.807) is 29.0 Å². The molecule has 0 aliphatic rings. The van der Waals surface area contributed by atoms with E-state index in [-0.39, 0.29) is 0 Å². The van der Waals surface area contributed by atoms with Crippen LogP contribution < -0.4 is 5.32 Å². The van der Waals surface area contributed by atoms with Gasteiger partial charge in [0.2, 0.25) is 6.41 Å². The number of benzene rings is 1. The minimum Gasteiger partial charge on any atom is -0.345 e. The number of fused-ring (bicyclic) bond motifs is 1. The number of H-pyrrole nitrogens is 1. The zero-order valence-electron chi connectivity index (χ0n) is 11.4. The summed E-state index contributed by atoms with van der Waals surface area (Å²) in [6, 6.07) is 8.41. The number of thiophene rings is 2. The number of carbonyl (C=O) groups is 1. The first kappa shape index (κ1) is 13.2. The van der Waals surface area contributed by atoms with Crippen molar-refractivity contribution in [3.05, 3.63) is 47.5 Å². The quantitative estimate of drug-likeness (QED) is 0.539. The van der Waals surface area contributed by atoms with Crippen LogP contribution in [0.4, 0.5) is 5.69 Å². The molecule has 0 atom stereocenters. The summed E-state index contributed by atoms with van der Waals surface area (Å²) < 4.78 is 2.34. The molecule has 0 spiro atoms. The van der Waals surface area contributed by atoms with Crippen LogP contribution in [-0.2, 0) is 4.79 Å². The summed E-state index contributed by atoms with van der Waals surface area (Å²) in [5.41, 5.74) is 5.40. The van der Waals surface area contributed by atoms with Gasteiger partial charge in [0, 0.05) is 16.3 Å². The molecular weight excluding hydrogens is 314 g/mol. The van der Waals surface area contributed by atoms with E-state index in [0.717, 1.165) is 28.1 Å². The first-order valence-electron chi connectivity index (χ1n) is 6.65. The van der Waals surface area contributed by atoms with Crippen LogP contribution >= 0.6 is 22.7 Å². The third-order valence-corrected chi connectivity index (χ3v) is 5.66. The van der Waals surface area contributed by atoms with Crippen molar-refractivity contribution in [3.63, 3.8) is 0 Å². The summed E-state index contributed by atoms with van der Waals surface area (Å²) in [5, 5.41) is 6.88. The Labute approximate surface area is 134 Å². The van der Waals surface area contributed by atoms with Crippen molar-refractivity contribution in [1.29, 1.82) is 0 Å². The lowest BCUT2D eigenvalue weighted by molar-refractivity contribution is -0.105. The lowest BCUT2D eigenvalue weighted by Gasteiger charge is -2.01. The molecule has 2 N–H and O–H groups in total. The molecule has 4 rings (SSSR count). The maximum Gasteiger partial charge on any atom is 0.211 e. The van der Waals surface area contributed by atoms with Gasteiger partial charge >= 0.3 is 0 Å². The van der Waals surface area contributed by atoms with Crippen molar-refractivity contribution >= 4 is 44.2 Å². The molecule has 1 amide bonds. The van der Waals surface area contributed by atoms with Gasteiger partial charge < -0.3 is 10.3 Å². The highest BCUT2D eigenvalue weighted by molar-refractivity contribution is 7.28. The number of carbonyl (C=O) groups excluding carboxylic acids is 1. The highest BCUT2D eigenvalue weighted by atomic mass is 32.1. The number of hydrogen-bond acceptors (Lipinski definition) is 4. The third-order valence-electron chi connectivity index (χ3n) is 3.50. The Balaban J connectivity index is 1.74. The van der Waals surface area contributed by atoms with Gasteiger partial charge in [-0.05, 0) is 11.1 Å². The molecule has 3 heterocycles. The zero-order chi connectivity index (χ0) is 14.9. The number of rotatable bonds is 4. The van der Waals surface area contributed by atoms with E-state index < -0.39 is 0 Å². The van der Waals surface area contributed by atoms with E-state index in [0.29, 0.717) is 0 Å². The Hall–Kier alpha value is -2.44. The van der Waals surface area contributed by atoms with Crippen LogP contribution in [0.1, 0.15) is 0 Å². The van der Waals surface area contributed by atoms with Crippen molar-refractivity contribution in [1.82, 2.24) is 9.97 Å². The molecule has 3 aromatic heterocycles. The minimum absolute atomic E-state index is 0.722. The predicted octanol–water partition coefficient (Wildman–Crippen LogP) is 4.59. The summed E-state index contributed by atoms with van der Waals surface area (Å²) in [6.45, 7) is 0. The summed E-state index contributed by atoms with van der Waals surface area (Å²) in [4.78, 5) is 17.8. The first-order valence-corrected chi connectivity index (χ1v) is 8.41. The van der Waals surface area contributed by atoms with E-state index in [2.05, 4.69) is 44.9 Å². The number of nitrogens with one attached hydrogen (secondary N) is 2. The summed E-state index contributed by atoms with van der Waals surface area (Å²) >= 11 is 3.31. The van der Waals surface area contributed by atoms with Crippen LogP contribution in [0.15, 0.2) is 47.5 Å². The normalized spacial score (nSPS) is 10.9. The molecule has 0 unspecified atom stereocenters. The topological polar surface area (TPSA) is 57.8 Å². The summed E-state index contributed by atoms with van der Waals surface area (Å²) in [5.74, 6) is 0. The summed E-state index contributed by atoms with van der Waals surface area (Å²) in [7, 11) is 0. The van der Waals surface area contributed by atoms with Crippen molar-refractivity contribution in [2.45, 2.75) is 0 Å². The molecule has 0 aliphatic carbocycles. The molecule has 0 fully saturated rings. The van der Waals surface area contributed by atoms with Crippen LogP contribution in [0.2, 0.25) is 0 Å². The molecule has 0 saturated carbocycles.